The van der Waals surface area contributed by atoms with Crippen LogP contribution in [-0.2, 0) is 15.9 Å². The minimum Gasteiger partial charge on any atom is -0.399 e. The van der Waals surface area contributed by atoms with Gasteiger partial charge in [0.1, 0.15) is 0 Å². The van der Waals surface area contributed by atoms with Crippen LogP contribution in [0.15, 0.2) is 24.3 Å². The number of nitrogen functional groups attached to an aromatic ring is 1. The van der Waals surface area contributed by atoms with Crippen molar-refractivity contribution >= 4 is 5.69 Å². The highest BCUT2D eigenvalue weighted by atomic mass is 16.7. The third kappa shape index (κ3) is 3.02. The molecule has 0 amide bonds. The molecule has 1 heterocycles. The zero-order valence-corrected chi connectivity index (χ0v) is 10.9. The third-order valence-electron chi connectivity index (χ3n) is 3.17. The molecule has 0 bridgehead atoms. The molecule has 2 rings (SSSR count). The Bertz CT molecular complexity index is 406. The van der Waals surface area contributed by atoms with Gasteiger partial charge in [0.05, 0.1) is 12.2 Å². The van der Waals surface area contributed by atoms with Gasteiger partial charge < -0.3 is 20.3 Å². The number of anilines is 1. The lowest BCUT2D eigenvalue weighted by Crippen LogP contribution is -2.26. The monoisotopic (exact) mass is 251 g/mol. The van der Waals surface area contributed by atoms with Crippen LogP contribution in [0.4, 0.5) is 5.69 Å². The highest BCUT2D eigenvalue weighted by molar-refractivity contribution is 5.46. The molecule has 0 aliphatic carbocycles. The molecule has 0 aromatic heterocycles. The van der Waals surface area contributed by atoms with Crippen LogP contribution < -0.4 is 5.73 Å². The number of benzene rings is 1. The number of rotatable bonds is 4. The van der Waals surface area contributed by atoms with Crippen LogP contribution in [0.2, 0.25) is 0 Å². The van der Waals surface area contributed by atoms with Gasteiger partial charge in [0.2, 0.25) is 0 Å². The Morgan fingerprint density at radius 3 is 2.56 bits per heavy atom. The SMILES string of the molecule is CC1(C)O[C@H](CCO)[C@@H](Cc2ccccc2N)O1. The van der Waals surface area contributed by atoms with Gasteiger partial charge in [-0.25, -0.2) is 0 Å². The summed E-state index contributed by atoms with van der Waals surface area (Å²) in [6.07, 6.45) is 1.16. The molecule has 100 valence electrons. The number of hydrogen-bond donors (Lipinski definition) is 2. The normalized spacial score (nSPS) is 26.4. The summed E-state index contributed by atoms with van der Waals surface area (Å²) in [5.41, 5.74) is 7.77. The first-order valence-corrected chi connectivity index (χ1v) is 6.32. The van der Waals surface area contributed by atoms with E-state index in [-0.39, 0.29) is 18.8 Å². The van der Waals surface area contributed by atoms with Crippen molar-refractivity contribution < 1.29 is 14.6 Å². The van der Waals surface area contributed by atoms with Crippen LogP contribution in [0.3, 0.4) is 0 Å². The maximum Gasteiger partial charge on any atom is 0.163 e. The lowest BCUT2D eigenvalue weighted by Gasteiger charge is -2.17. The van der Waals surface area contributed by atoms with Gasteiger partial charge in [-0.1, -0.05) is 18.2 Å². The number of hydrogen-bond acceptors (Lipinski definition) is 4. The van der Waals surface area contributed by atoms with E-state index in [9.17, 15) is 0 Å². The first kappa shape index (κ1) is 13.3. The molecule has 4 heteroatoms. The van der Waals surface area contributed by atoms with Gasteiger partial charge in [0.15, 0.2) is 5.79 Å². The van der Waals surface area contributed by atoms with Crippen molar-refractivity contribution in [2.45, 2.75) is 44.7 Å². The molecule has 3 N–H and O–H groups in total. The Balaban J connectivity index is 2.10. The molecule has 1 aliphatic rings. The first-order valence-electron chi connectivity index (χ1n) is 6.32. The zero-order chi connectivity index (χ0) is 13.2. The Kier molecular flexibility index (Phi) is 3.90. The molecule has 0 saturated carbocycles. The van der Waals surface area contributed by atoms with Gasteiger partial charge in [0.25, 0.3) is 0 Å². The predicted octanol–water partition coefficient (Wildman–Crippen LogP) is 1.71. The number of nitrogens with two attached hydrogens (primary N) is 1. The fourth-order valence-electron chi connectivity index (χ4n) is 2.39. The van der Waals surface area contributed by atoms with Gasteiger partial charge in [0, 0.05) is 18.7 Å². The number of aliphatic hydroxyl groups is 1. The van der Waals surface area contributed by atoms with Crippen LogP contribution in [-0.4, -0.2) is 29.7 Å². The van der Waals surface area contributed by atoms with Crippen molar-refractivity contribution in [1.82, 2.24) is 0 Å². The molecule has 1 aromatic rings. The van der Waals surface area contributed by atoms with Gasteiger partial charge in [-0.3, -0.25) is 0 Å². The molecule has 1 aromatic carbocycles. The molecular weight excluding hydrogens is 230 g/mol. The number of para-hydroxylation sites is 1. The smallest absolute Gasteiger partial charge is 0.163 e. The second kappa shape index (κ2) is 5.26. The minimum atomic E-state index is -0.589. The fourth-order valence-corrected chi connectivity index (χ4v) is 2.39. The minimum absolute atomic E-state index is 0.0585. The second-order valence-electron chi connectivity index (χ2n) is 5.13. The highest BCUT2D eigenvalue weighted by Gasteiger charge is 2.40. The summed E-state index contributed by atoms with van der Waals surface area (Å²) in [4.78, 5) is 0. The van der Waals surface area contributed by atoms with Crippen molar-refractivity contribution in [1.29, 1.82) is 0 Å². The molecule has 4 nitrogen and oxygen atoms in total. The van der Waals surface area contributed by atoms with Crippen LogP contribution >= 0.6 is 0 Å². The Morgan fingerprint density at radius 1 is 1.22 bits per heavy atom. The molecular formula is C14H21NO3. The fraction of sp³-hybridized carbons (Fsp3) is 0.571. The van der Waals surface area contributed by atoms with E-state index in [2.05, 4.69) is 0 Å². The molecule has 0 spiro atoms. The van der Waals surface area contributed by atoms with Crippen molar-refractivity contribution in [3.63, 3.8) is 0 Å². The quantitative estimate of drug-likeness (QED) is 0.800. The predicted molar refractivity (Wildman–Crippen MR) is 70.1 cm³/mol. The van der Waals surface area contributed by atoms with Gasteiger partial charge in [-0.05, 0) is 31.9 Å². The van der Waals surface area contributed by atoms with E-state index < -0.39 is 5.79 Å². The average Bonchev–Trinajstić information content (AvgIpc) is 2.57. The number of aliphatic hydroxyl groups excluding tert-OH is 1. The summed E-state index contributed by atoms with van der Waals surface area (Å²) in [5, 5.41) is 9.08. The standard InChI is InChI=1S/C14H21NO3/c1-14(2)17-12(7-8-16)13(18-14)9-10-5-3-4-6-11(10)15/h3-6,12-13,16H,7-9,15H2,1-2H3/t12-,13-/m1/s1. The van der Waals surface area contributed by atoms with E-state index in [1.165, 1.54) is 0 Å². The lowest BCUT2D eigenvalue weighted by molar-refractivity contribution is -0.147. The van der Waals surface area contributed by atoms with Crippen LogP contribution in [0.1, 0.15) is 25.8 Å². The second-order valence-corrected chi connectivity index (χ2v) is 5.13. The van der Waals surface area contributed by atoms with Crippen LogP contribution in [0.5, 0.6) is 0 Å². The summed E-state index contributed by atoms with van der Waals surface area (Å²) in [5.74, 6) is -0.589. The molecule has 1 saturated heterocycles. The van der Waals surface area contributed by atoms with E-state index in [1.54, 1.807) is 0 Å². The van der Waals surface area contributed by atoms with E-state index in [0.29, 0.717) is 12.8 Å². The maximum atomic E-state index is 9.08. The van der Waals surface area contributed by atoms with E-state index in [0.717, 1.165) is 11.3 Å². The van der Waals surface area contributed by atoms with Gasteiger partial charge in [-0.2, -0.15) is 0 Å². The van der Waals surface area contributed by atoms with Crippen molar-refractivity contribution in [3.8, 4) is 0 Å². The van der Waals surface area contributed by atoms with Crippen LogP contribution in [0, 0.1) is 0 Å². The Hall–Kier alpha value is -1.10. The lowest BCUT2D eigenvalue weighted by atomic mass is 10.0. The Labute approximate surface area is 108 Å². The summed E-state index contributed by atoms with van der Waals surface area (Å²) in [6, 6.07) is 7.77. The molecule has 1 fully saturated rings. The first-order chi connectivity index (χ1) is 8.52. The highest BCUT2D eigenvalue weighted by Crippen LogP contribution is 2.32. The summed E-state index contributed by atoms with van der Waals surface area (Å²) < 4.78 is 11.7. The molecule has 0 unspecified atom stereocenters. The van der Waals surface area contributed by atoms with Gasteiger partial charge >= 0.3 is 0 Å². The van der Waals surface area contributed by atoms with E-state index >= 15 is 0 Å². The van der Waals surface area contributed by atoms with Crippen molar-refractivity contribution in [2.24, 2.45) is 0 Å². The number of ether oxygens (including phenoxy) is 2. The summed E-state index contributed by atoms with van der Waals surface area (Å²) >= 11 is 0. The average molecular weight is 251 g/mol. The molecule has 18 heavy (non-hydrogen) atoms. The Morgan fingerprint density at radius 2 is 1.89 bits per heavy atom. The molecule has 1 aliphatic heterocycles. The van der Waals surface area contributed by atoms with E-state index in [1.807, 2.05) is 38.1 Å². The zero-order valence-electron chi connectivity index (χ0n) is 10.9. The largest absolute Gasteiger partial charge is 0.399 e. The summed E-state index contributed by atoms with van der Waals surface area (Å²) in [6.45, 7) is 3.89. The van der Waals surface area contributed by atoms with E-state index in [4.69, 9.17) is 20.3 Å². The summed E-state index contributed by atoms with van der Waals surface area (Å²) in [7, 11) is 0. The molecule has 0 radical (unpaired) electrons. The third-order valence-corrected chi connectivity index (χ3v) is 3.17. The van der Waals surface area contributed by atoms with Crippen LogP contribution in [0.25, 0.3) is 0 Å². The maximum absolute atomic E-state index is 9.08. The van der Waals surface area contributed by atoms with Crippen molar-refractivity contribution in [3.05, 3.63) is 29.8 Å². The topological polar surface area (TPSA) is 64.7 Å². The van der Waals surface area contributed by atoms with Gasteiger partial charge in [-0.15, -0.1) is 0 Å². The molecule has 2 atom stereocenters. The van der Waals surface area contributed by atoms with Crippen molar-refractivity contribution in [2.75, 3.05) is 12.3 Å².